The predicted molar refractivity (Wildman–Crippen MR) is 85.7 cm³/mol. The first-order chi connectivity index (χ1) is 9.08. The van der Waals surface area contributed by atoms with Gasteiger partial charge in [0.25, 0.3) is 0 Å². The van der Waals surface area contributed by atoms with Crippen molar-refractivity contribution in [2.24, 2.45) is 10.9 Å². The van der Waals surface area contributed by atoms with Gasteiger partial charge < -0.3 is 4.48 Å². The highest BCUT2D eigenvalue weighted by Gasteiger charge is 2.41. The van der Waals surface area contributed by atoms with Gasteiger partial charge in [-0.25, -0.2) is 0 Å². The van der Waals surface area contributed by atoms with Gasteiger partial charge in [-0.05, 0) is 32.4 Å². The average Bonchev–Trinajstić information content (AvgIpc) is 2.39. The number of nitrogens with zero attached hydrogens (tertiary/aromatic N) is 2. The van der Waals surface area contributed by atoms with Crippen LogP contribution in [-0.2, 0) is 0 Å². The topological polar surface area (TPSA) is 12.4 Å². The van der Waals surface area contributed by atoms with E-state index in [2.05, 4.69) is 57.0 Å². The number of rotatable bonds is 6. The second-order valence-electron chi connectivity index (χ2n) is 6.03. The molecule has 3 atom stereocenters. The molecule has 0 amide bonds. The molecule has 1 aliphatic rings. The lowest BCUT2D eigenvalue weighted by Crippen LogP contribution is -2.62. The van der Waals surface area contributed by atoms with Gasteiger partial charge in [0.1, 0.15) is 0 Å². The maximum absolute atomic E-state index is 4.03. The molecule has 19 heavy (non-hydrogen) atoms. The summed E-state index contributed by atoms with van der Waals surface area (Å²) in [5.74, 6) is 0.594. The molecule has 108 valence electrons. The van der Waals surface area contributed by atoms with Gasteiger partial charge in [-0.1, -0.05) is 26.0 Å². The van der Waals surface area contributed by atoms with E-state index in [1.165, 1.54) is 30.4 Å². The molecule has 0 aromatic heterocycles. The van der Waals surface area contributed by atoms with E-state index in [9.17, 15) is 0 Å². The van der Waals surface area contributed by atoms with E-state index in [0.29, 0.717) is 18.0 Å². The van der Waals surface area contributed by atoms with Crippen LogP contribution in [0, 0.1) is 5.92 Å². The Balaban J connectivity index is 2.95. The Bertz CT molecular complexity index is 341. The maximum Gasteiger partial charge on any atom is 0.0990 e. The lowest BCUT2D eigenvalue weighted by molar-refractivity contribution is -0.969. The van der Waals surface area contributed by atoms with Gasteiger partial charge in [0.05, 0.1) is 25.2 Å². The Morgan fingerprint density at radius 1 is 1.32 bits per heavy atom. The van der Waals surface area contributed by atoms with Crippen LogP contribution in [0.2, 0.25) is 0 Å². The summed E-state index contributed by atoms with van der Waals surface area (Å²) in [6.45, 7) is 11.9. The number of allylic oxidation sites excluding steroid dienone is 1. The minimum Gasteiger partial charge on any atom is -0.315 e. The van der Waals surface area contributed by atoms with Gasteiger partial charge in [0.2, 0.25) is 0 Å². The summed E-state index contributed by atoms with van der Waals surface area (Å²) in [5.41, 5.74) is 0. The minimum atomic E-state index is 0.594. The molecule has 2 nitrogen and oxygen atoms in total. The van der Waals surface area contributed by atoms with Crippen molar-refractivity contribution in [3.05, 3.63) is 24.3 Å². The third-order valence-corrected chi connectivity index (χ3v) is 4.58. The van der Waals surface area contributed by atoms with E-state index in [4.69, 9.17) is 0 Å². The molecule has 1 heterocycles. The second-order valence-corrected chi connectivity index (χ2v) is 6.03. The molecule has 2 unspecified atom stereocenters. The molecule has 1 aliphatic heterocycles. The van der Waals surface area contributed by atoms with Crippen LogP contribution in [0.1, 0.15) is 40.5 Å². The third-order valence-electron chi connectivity index (χ3n) is 4.58. The first-order valence-corrected chi connectivity index (χ1v) is 7.68. The van der Waals surface area contributed by atoms with Gasteiger partial charge in [0, 0.05) is 25.6 Å². The van der Waals surface area contributed by atoms with Crippen LogP contribution >= 0.6 is 0 Å². The maximum atomic E-state index is 4.03. The molecule has 0 aliphatic carbocycles. The van der Waals surface area contributed by atoms with Crippen LogP contribution in [0.15, 0.2) is 29.3 Å². The average molecular weight is 263 g/mol. The van der Waals surface area contributed by atoms with Crippen LogP contribution < -0.4 is 0 Å². The van der Waals surface area contributed by atoms with Crippen molar-refractivity contribution in [2.45, 2.75) is 52.6 Å². The zero-order valence-corrected chi connectivity index (χ0v) is 13.3. The van der Waals surface area contributed by atoms with Crippen LogP contribution in [-0.4, -0.2) is 42.9 Å². The van der Waals surface area contributed by atoms with Gasteiger partial charge >= 0.3 is 0 Å². The molecule has 0 bridgehead atoms. The smallest absolute Gasteiger partial charge is 0.0990 e. The van der Waals surface area contributed by atoms with Gasteiger partial charge in [0.15, 0.2) is 0 Å². The molecule has 0 spiro atoms. The summed E-state index contributed by atoms with van der Waals surface area (Å²) in [6.07, 6.45) is 13.5. The van der Waals surface area contributed by atoms with Crippen LogP contribution in [0.5, 0.6) is 0 Å². The van der Waals surface area contributed by atoms with Gasteiger partial charge in [-0.3, -0.25) is 4.99 Å². The molecule has 0 aromatic rings. The number of aliphatic imine (C=N–C) groups is 1. The zero-order chi connectivity index (χ0) is 14.3. The van der Waals surface area contributed by atoms with E-state index in [1.54, 1.807) is 0 Å². The SMILES string of the molecule is CCC[N+]1(C(C)C)CC=CCC1[C@H](C)/C=C\C=NC. The highest BCUT2D eigenvalue weighted by Crippen LogP contribution is 2.31. The number of hydrogen-bond acceptors (Lipinski definition) is 1. The summed E-state index contributed by atoms with van der Waals surface area (Å²) in [6, 6.07) is 1.39. The lowest BCUT2D eigenvalue weighted by Gasteiger charge is -2.51. The first kappa shape index (κ1) is 16.2. The van der Waals surface area contributed by atoms with Gasteiger partial charge in [-0.2, -0.15) is 0 Å². The Labute approximate surface area is 119 Å². The molecular formula is C17H31N2+. The molecule has 0 N–H and O–H groups in total. The largest absolute Gasteiger partial charge is 0.315 e. The van der Waals surface area contributed by atoms with Crippen molar-refractivity contribution >= 4 is 6.21 Å². The van der Waals surface area contributed by atoms with Crippen LogP contribution in [0.4, 0.5) is 0 Å². The molecule has 1 rings (SSSR count). The van der Waals surface area contributed by atoms with Crippen molar-refractivity contribution in [1.29, 1.82) is 0 Å². The first-order valence-electron chi connectivity index (χ1n) is 7.68. The summed E-state index contributed by atoms with van der Waals surface area (Å²) in [5, 5.41) is 0. The second kappa shape index (κ2) is 7.64. The van der Waals surface area contributed by atoms with Crippen molar-refractivity contribution < 1.29 is 4.48 Å². The van der Waals surface area contributed by atoms with E-state index >= 15 is 0 Å². The lowest BCUT2D eigenvalue weighted by atomic mass is 9.89. The Kier molecular flexibility index (Phi) is 6.50. The van der Waals surface area contributed by atoms with E-state index in [-0.39, 0.29) is 0 Å². The van der Waals surface area contributed by atoms with Crippen molar-refractivity contribution in [3.63, 3.8) is 0 Å². The quantitative estimate of drug-likeness (QED) is 0.392. The third kappa shape index (κ3) is 3.79. The van der Waals surface area contributed by atoms with E-state index < -0.39 is 0 Å². The van der Waals surface area contributed by atoms with Crippen LogP contribution in [0.3, 0.4) is 0 Å². The zero-order valence-electron chi connectivity index (χ0n) is 13.3. The fraction of sp³-hybridized carbons (Fsp3) is 0.706. The molecule has 0 radical (unpaired) electrons. The summed E-state index contributed by atoms with van der Waals surface area (Å²) >= 11 is 0. The Hall–Kier alpha value is -0.890. The number of quaternary nitrogens is 1. The fourth-order valence-electron chi connectivity index (χ4n) is 3.50. The highest BCUT2D eigenvalue weighted by atomic mass is 15.4. The molecule has 2 heteroatoms. The fourth-order valence-corrected chi connectivity index (χ4v) is 3.50. The normalized spacial score (nSPS) is 29.7. The molecule has 0 saturated heterocycles. The minimum absolute atomic E-state index is 0.594. The summed E-state index contributed by atoms with van der Waals surface area (Å²) in [4.78, 5) is 4.03. The number of hydrogen-bond donors (Lipinski definition) is 0. The summed E-state index contributed by atoms with van der Waals surface area (Å²) in [7, 11) is 1.82. The predicted octanol–water partition coefficient (Wildman–Crippen LogP) is 3.84. The summed E-state index contributed by atoms with van der Waals surface area (Å²) < 4.78 is 1.24. The van der Waals surface area contributed by atoms with E-state index in [1.807, 2.05) is 13.3 Å². The van der Waals surface area contributed by atoms with Gasteiger partial charge in [-0.15, -0.1) is 0 Å². The monoisotopic (exact) mass is 263 g/mol. The molecular weight excluding hydrogens is 232 g/mol. The van der Waals surface area contributed by atoms with Crippen molar-refractivity contribution in [3.8, 4) is 0 Å². The molecule has 0 fully saturated rings. The standard InChI is InChI=1S/C17H31N2/c1-6-13-19(15(2)3)14-8-7-11-17(19)16(4)10-9-12-18-5/h7-10,12,15-17H,6,11,13-14H2,1-5H3/q+1/b10-9-,18-12?/t16-,17?,19?/m1/s1. The van der Waals surface area contributed by atoms with E-state index in [0.717, 1.165) is 0 Å². The highest BCUT2D eigenvalue weighted by molar-refractivity contribution is 5.70. The molecule has 0 saturated carbocycles. The Morgan fingerprint density at radius 3 is 2.63 bits per heavy atom. The van der Waals surface area contributed by atoms with Crippen molar-refractivity contribution in [2.75, 3.05) is 20.1 Å². The Morgan fingerprint density at radius 2 is 2.05 bits per heavy atom. The van der Waals surface area contributed by atoms with Crippen LogP contribution in [0.25, 0.3) is 0 Å². The molecule has 0 aromatic carbocycles. The van der Waals surface area contributed by atoms with Crippen molar-refractivity contribution in [1.82, 2.24) is 0 Å².